The predicted octanol–water partition coefficient (Wildman–Crippen LogP) is 2.14. The van der Waals surface area contributed by atoms with E-state index >= 15 is 0 Å². The van der Waals surface area contributed by atoms with E-state index in [2.05, 4.69) is 0 Å². The molecule has 2 N–H and O–H groups in total. The van der Waals surface area contributed by atoms with Gasteiger partial charge in [0.1, 0.15) is 0 Å². The third kappa shape index (κ3) is 3.40. The lowest BCUT2D eigenvalue weighted by Gasteiger charge is -2.23. The largest absolute Gasteiger partial charge is 0.330 e. The average molecular weight is 296 g/mol. The molecule has 1 aromatic carbocycles. The Morgan fingerprint density at radius 3 is 2.35 bits per heavy atom. The molecule has 1 aromatic rings. The first-order valence-corrected chi connectivity index (χ1v) is 8.77. The molecule has 1 saturated carbocycles. The van der Waals surface area contributed by atoms with Crippen LogP contribution in [0.2, 0.25) is 0 Å². The van der Waals surface area contributed by atoms with Gasteiger partial charge in [0.05, 0.1) is 4.90 Å². The van der Waals surface area contributed by atoms with Gasteiger partial charge in [-0.2, -0.15) is 4.31 Å². The number of nitrogens with zero attached hydrogens (tertiary/aromatic N) is 1. The molecule has 0 radical (unpaired) electrons. The lowest BCUT2D eigenvalue weighted by molar-refractivity contribution is 0.373. The van der Waals surface area contributed by atoms with Crippen LogP contribution in [0.3, 0.4) is 0 Å². The Morgan fingerprint density at radius 1 is 1.20 bits per heavy atom. The molecule has 0 unspecified atom stereocenters. The SMILES string of the molecule is CN(C1CCCC1)S(=O)(=O)c1ccc(CCCN)cc1. The van der Waals surface area contributed by atoms with Gasteiger partial charge in [0.15, 0.2) is 0 Å². The second-order valence-corrected chi connectivity index (χ2v) is 7.49. The van der Waals surface area contributed by atoms with Gasteiger partial charge in [0.25, 0.3) is 0 Å². The van der Waals surface area contributed by atoms with Crippen LogP contribution in [0.5, 0.6) is 0 Å². The minimum absolute atomic E-state index is 0.164. The van der Waals surface area contributed by atoms with Crippen molar-refractivity contribution in [1.82, 2.24) is 4.31 Å². The van der Waals surface area contributed by atoms with Gasteiger partial charge >= 0.3 is 0 Å². The molecular weight excluding hydrogens is 272 g/mol. The van der Waals surface area contributed by atoms with Crippen LogP contribution >= 0.6 is 0 Å². The number of hydrogen-bond donors (Lipinski definition) is 1. The molecule has 1 aliphatic carbocycles. The Balaban J connectivity index is 2.12. The molecule has 0 atom stereocenters. The summed E-state index contributed by atoms with van der Waals surface area (Å²) in [5.74, 6) is 0. The number of nitrogens with two attached hydrogens (primary N) is 1. The van der Waals surface area contributed by atoms with E-state index in [1.165, 1.54) is 0 Å². The van der Waals surface area contributed by atoms with Crippen molar-refractivity contribution >= 4 is 10.0 Å². The van der Waals surface area contributed by atoms with Gasteiger partial charge in [-0.05, 0) is 49.9 Å². The molecule has 0 saturated heterocycles. The maximum atomic E-state index is 12.6. The van der Waals surface area contributed by atoms with E-state index in [1.807, 2.05) is 12.1 Å². The molecule has 5 heteroatoms. The summed E-state index contributed by atoms with van der Waals surface area (Å²) >= 11 is 0. The molecule has 4 nitrogen and oxygen atoms in total. The molecule has 0 aliphatic heterocycles. The smallest absolute Gasteiger partial charge is 0.243 e. The standard InChI is InChI=1S/C15H24N2O2S/c1-17(14-6-2-3-7-14)20(18,19)15-10-8-13(9-11-15)5-4-12-16/h8-11,14H,2-7,12,16H2,1H3. The highest BCUT2D eigenvalue weighted by Gasteiger charge is 2.29. The average Bonchev–Trinajstić information content (AvgIpc) is 2.98. The summed E-state index contributed by atoms with van der Waals surface area (Å²) in [6.45, 7) is 0.657. The zero-order valence-electron chi connectivity index (χ0n) is 12.1. The number of benzene rings is 1. The van der Waals surface area contributed by atoms with Gasteiger partial charge in [-0.15, -0.1) is 0 Å². The van der Waals surface area contributed by atoms with Crippen molar-refractivity contribution in [3.05, 3.63) is 29.8 Å². The zero-order valence-corrected chi connectivity index (χ0v) is 12.9. The van der Waals surface area contributed by atoms with Crippen LogP contribution in [0.15, 0.2) is 29.2 Å². The van der Waals surface area contributed by atoms with Gasteiger partial charge in [-0.25, -0.2) is 8.42 Å². The van der Waals surface area contributed by atoms with Crippen LogP contribution < -0.4 is 5.73 Å². The van der Waals surface area contributed by atoms with Crippen molar-refractivity contribution in [2.45, 2.75) is 49.5 Å². The molecule has 2 rings (SSSR count). The first-order valence-electron chi connectivity index (χ1n) is 7.33. The molecule has 0 spiro atoms. The van der Waals surface area contributed by atoms with Crippen molar-refractivity contribution < 1.29 is 8.42 Å². The Kier molecular flexibility index (Phi) is 5.18. The van der Waals surface area contributed by atoms with Gasteiger partial charge in [0, 0.05) is 13.1 Å². The molecule has 0 aromatic heterocycles. The number of rotatable bonds is 6. The van der Waals surface area contributed by atoms with Gasteiger partial charge in [-0.3, -0.25) is 0 Å². The Morgan fingerprint density at radius 2 is 1.80 bits per heavy atom. The van der Waals surface area contributed by atoms with Crippen LogP contribution in [-0.2, 0) is 16.4 Å². The van der Waals surface area contributed by atoms with Crippen LogP contribution in [0.1, 0.15) is 37.7 Å². The number of sulfonamides is 1. The van der Waals surface area contributed by atoms with Crippen LogP contribution in [-0.4, -0.2) is 32.4 Å². The van der Waals surface area contributed by atoms with Gasteiger partial charge in [-0.1, -0.05) is 25.0 Å². The minimum atomic E-state index is -3.35. The van der Waals surface area contributed by atoms with E-state index in [0.29, 0.717) is 11.4 Å². The molecule has 1 fully saturated rings. The van der Waals surface area contributed by atoms with E-state index in [-0.39, 0.29) is 6.04 Å². The fourth-order valence-electron chi connectivity index (χ4n) is 2.76. The van der Waals surface area contributed by atoms with Gasteiger partial charge < -0.3 is 5.73 Å². The fourth-order valence-corrected chi connectivity index (χ4v) is 4.18. The van der Waals surface area contributed by atoms with Crippen LogP contribution in [0.4, 0.5) is 0 Å². The quantitative estimate of drug-likeness (QED) is 0.875. The molecule has 20 heavy (non-hydrogen) atoms. The summed E-state index contributed by atoms with van der Waals surface area (Å²) in [4.78, 5) is 0.392. The van der Waals surface area contributed by atoms with E-state index in [0.717, 1.165) is 44.1 Å². The maximum Gasteiger partial charge on any atom is 0.243 e. The molecular formula is C15H24N2O2S. The van der Waals surface area contributed by atoms with Crippen molar-refractivity contribution in [1.29, 1.82) is 0 Å². The first-order chi connectivity index (χ1) is 9.55. The second kappa shape index (κ2) is 6.70. The first kappa shape index (κ1) is 15.5. The van der Waals surface area contributed by atoms with Crippen molar-refractivity contribution in [3.63, 3.8) is 0 Å². The minimum Gasteiger partial charge on any atom is -0.330 e. The lowest BCUT2D eigenvalue weighted by Crippen LogP contribution is -2.35. The molecule has 1 aliphatic rings. The van der Waals surface area contributed by atoms with Crippen molar-refractivity contribution in [2.75, 3.05) is 13.6 Å². The highest BCUT2D eigenvalue weighted by molar-refractivity contribution is 7.89. The summed E-state index contributed by atoms with van der Waals surface area (Å²) in [6, 6.07) is 7.38. The highest BCUT2D eigenvalue weighted by Crippen LogP contribution is 2.27. The monoisotopic (exact) mass is 296 g/mol. The van der Waals surface area contributed by atoms with E-state index in [4.69, 9.17) is 5.73 Å². The Labute approximate surface area is 122 Å². The fraction of sp³-hybridized carbons (Fsp3) is 0.600. The molecule has 0 amide bonds. The summed E-state index contributed by atoms with van der Waals surface area (Å²) < 4.78 is 26.7. The predicted molar refractivity (Wildman–Crippen MR) is 81.0 cm³/mol. The van der Waals surface area contributed by atoms with Crippen LogP contribution in [0.25, 0.3) is 0 Å². The lowest BCUT2D eigenvalue weighted by atomic mass is 10.1. The third-order valence-electron chi connectivity index (χ3n) is 4.11. The second-order valence-electron chi connectivity index (χ2n) is 5.50. The Bertz CT molecular complexity index is 519. The molecule has 0 bridgehead atoms. The molecule has 112 valence electrons. The summed E-state index contributed by atoms with van der Waals surface area (Å²) in [7, 11) is -1.65. The summed E-state index contributed by atoms with van der Waals surface area (Å²) in [5, 5.41) is 0. The maximum absolute atomic E-state index is 12.6. The third-order valence-corrected chi connectivity index (χ3v) is 6.03. The van der Waals surface area contributed by atoms with E-state index in [1.54, 1.807) is 23.5 Å². The van der Waals surface area contributed by atoms with Crippen molar-refractivity contribution in [3.8, 4) is 0 Å². The number of hydrogen-bond acceptors (Lipinski definition) is 3. The van der Waals surface area contributed by atoms with Gasteiger partial charge in [0.2, 0.25) is 10.0 Å². The van der Waals surface area contributed by atoms with E-state index < -0.39 is 10.0 Å². The Hall–Kier alpha value is -0.910. The summed E-state index contributed by atoms with van der Waals surface area (Å²) in [6.07, 6.45) is 6.03. The summed E-state index contributed by atoms with van der Waals surface area (Å²) in [5.41, 5.74) is 6.62. The van der Waals surface area contributed by atoms with Crippen LogP contribution in [0, 0.1) is 0 Å². The van der Waals surface area contributed by atoms with Crippen molar-refractivity contribution in [2.24, 2.45) is 5.73 Å². The highest BCUT2D eigenvalue weighted by atomic mass is 32.2. The zero-order chi connectivity index (χ0) is 14.6. The number of aryl methyl sites for hydroxylation is 1. The molecule has 0 heterocycles. The normalized spacial score (nSPS) is 16.9. The topological polar surface area (TPSA) is 63.4 Å². The van der Waals surface area contributed by atoms with E-state index in [9.17, 15) is 8.42 Å².